The van der Waals surface area contributed by atoms with Gasteiger partial charge in [-0.15, -0.1) is 0 Å². The zero-order valence-corrected chi connectivity index (χ0v) is 13.5. The lowest BCUT2D eigenvalue weighted by atomic mass is 10.1. The fourth-order valence-electron chi connectivity index (χ4n) is 1.72. The number of hydrazone groups is 1. The zero-order valence-electron chi connectivity index (χ0n) is 11.2. The van der Waals surface area contributed by atoms with Gasteiger partial charge >= 0.3 is 0 Å². The van der Waals surface area contributed by atoms with Gasteiger partial charge in [-0.3, -0.25) is 4.79 Å². The maximum absolute atomic E-state index is 11.8. The molecule has 0 bridgehead atoms. The lowest BCUT2D eigenvalue weighted by Gasteiger charge is -2.04. The van der Waals surface area contributed by atoms with Gasteiger partial charge in [0.05, 0.1) is 27.7 Å². The quantitative estimate of drug-likeness (QED) is 0.493. The molecule has 114 valence electrons. The van der Waals surface area contributed by atoms with Crippen LogP contribution >= 0.6 is 34.8 Å². The summed E-state index contributed by atoms with van der Waals surface area (Å²) in [5.74, 6) is -0.234. The van der Waals surface area contributed by atoms with Gasteiger partial charge in [-0.05, 0) is 29.8 Å². The van der Waals surface area contributed by atoms with Crippen molar-refractivity contribution >= 4 is 46.9 Å². The summed E-state index contributed by atoms with van der Waals surface area (Å²) in [5.41, 5.74) is 3.46. The van der Waals surface area contributed by atoms with Gasteiger partial charge in [0.25, 0.3) is 0 Å². The number of hydrogen-bond acceptors (Lipinski definition) is 3. The van der Waals surface area contributed by atoms with E-state index < -0.39 is 0 Å². The normalized spacial score (nSPS) is 10.9. The van der Waals surface area contributed by atoms with Crippen molar-refractivity contribution in [1.82, 2.24) is 5.43 Å². The fourth-order valence-corrected chi connectivity index (χ4v) is 2.35. The summed E-state index contributed by atoms with van der Waals surface area (Å²) < 4.78 is 0. The molecule has 2 aromatic carbocycles. The minimum Gasteiger partial charge on any atom is -0.508 e. The van der Waals surface area contributed by atoms with E-state index in [9.17, 15) is 9.90 Å². The van der Waals surface area contributed by atoms with Crippen LogP contribution in [0.3, 0.4) is 0 Å². The molecule has 0 radical (unpaired) electrons. The SMILES string of the molecule is O=C(Cc1cccc(O)c1)N/N=C/c1c(Cl)ccc(Cl)c1Cl. The van der Waals surface area contributed by atoms with Crippen LogP contribution in [0.25, 0.3) is 0 Å². The molecule has 0 saturated carbocycles. The minimum absolute atomic E-state index is 0.0861. The Morgan fingerprint density at radius 3 is 2.64 bits per heavy atom. The molecule has 0 aliphatic rings. The Balaban J connectivity index is 2.01. The number of carbonyl (C=O) groups is 1. The fraction of sp³-hybridized carbons (Fsp3) is 0.0667. The molecule has 2 aromatic rings. The maximum Gasteiger partial charge on any atom is 0.244 e. The smallest absolute Gasteiger partial charge is 0.244 e. The third-order valence-corrected chi connectivity index (χ3v) is 3.89. The Labute approximate surface area is 142 Å². The van der Waals surface area contributed by atoms with Crippen LogP contribution in [-0.4, -0.2) is 17.2 Å². The number of aromatic hydroxyl groups is 1. The Kier molecular flexibility index (Phi) is 5.66. The molecule has 0 spiro atoms. The van der Waals surface area contributed by atoms with Gasteiger partial charge in [0, 0.05) is 5.56 Å². The Bertz CT molecular complexity index is 733. The first-order valence-corrected chi connectivity index (χ1v) is 7.34. The number of amides is 1. The van der Waals surface area contributed by atoms with Crippen LogP contribution in [0.5, 0.6) is 5.75 Å². The molecule has 4 nitrogen and oxygen atoms in total. The monoisotopic (exact) mass is 356 g/mol. The summed E-state index contributed by atoms with van der Waals surface area (Å²) in [7, 11) is 0. The van der Waals surface area contributed by atoms with E-state index in [-0.39, 0.29) is 23.1 Å². The van der Waals surface area contributed by atoms with E-state index in [1.807, 2.05) is 0 Å². The molecule has 0 atom stereocenters. The molecule has 7 heteroatoms. The van der Waals surface area contributed by atoms with Crippen molar-refractivity contribution in [2.45, 2.75) is 6.42 Å². The number of hydrogen-bond donors (Lipinski definition) is 2. The Hall–Kier alpha value is -1.75. The van der Waals surface area contributed by atoms with E-state index in [1.54, 1.807) is 24.3 Å². The number of nitrogens with one attached hydrogen (secondary N) is 1. The standard InChI is InChI=1S/C15H11Cl3N2O2/c16-12-4-5-13(17)15(18)11(12)8-19-20-14(22)7-9-2-1-3-10(21)6-9/h1-6,8,21H,7H2,(H,20,22)/b19-8+. The zero-order chi connectivity index (χ0) is 16.1. The Morgan fingerprint density at radius 2 is 1.91 bits per heavy atom. The van der Waals surface area contributed by atoms with Crippen LogP contribution in [0.15, 0.2) is 41.5 Å². The minimum atomic E-state index is -0.337. The second-order valence-electron chi connectivity index (χ2n) is 4.40. The van der Waals surface area contributed by atoms with Crippen LogP contribution in [0, 0.1) is 0 Å². The molecule has 0 heterocycles. The number of carbonyl (C=O) groups excluding carboxylic acids is 1. The number of phenolic OH excluding ortho intramolecular Hbond substituents is 1. The van der Waals surface area contributed by atoms with E-state index in [4.69, 9.17) is 34.8 Å². The van der Waals surface area contributed by atoms with Crippen molar-refractivity contribution in [3.8, 4) is 5.75 Å². The van der Waals surface area contributed by atoms with E-state index in [2.05, 4.69) is 10.5 Å². The molecule has 0 unspecified atom stereocenters. The van der Waals surface area contributed by atoms with Gasteiger partial charge in [-0.2, -0.15) is 5.10 Å². The van der Waals surface area contributed by atoms with Crippen molar-refractivity contribution < 1.29 is 9.90 Å². The highest BCUT2D eigenvalue weighted by molar-refractivity contribution is 6.45. The van der Waals surface area contributed by atoms with Gasteiger partial charge in [0.15, 0.2) is 0 Å². The first-order chi connectivity index (χ1) is 10.5. The summed E-state index contributed by atoms with van der Waals surface area (Å²) in [5, 5.41) is 14.1. The third-order valence-electron chi connectivity index (χ3n) is 2.74. The summed E-state index contributed by atoms with van der Waals surface area (Å²) >= 11 is 17.9. The molecular weight excluding hydrogens is 347 g/mol. The van der Waals surface area contributed by atoms with Crippen LogP contribution < -0.4 is 5.43 Å². The largest absolute Gasteiger partial charge is 0.508 e. The average molecular weight is 358 g/mol. The van der Waals surface area contributed by atoms with E-state index >= 15 is 0 Å². The maximum atomic E-state index is 11.8. The first kappa shape index (κ1) is 16.6. The highest BCUT2D eigenvalue weighted by Crippen LogP contribution is 2.29. The molecule has 0 aliphatic carbocycles. The van der Waals surface area contributed by atoms with Gasteiger partial charge in [0.1, 0.15) is 5.75 Å². The predicted octanol–water partition coefficient (Wildman–Crippen LogP) is 4.05. The Morgan fingerprint density at radius 1 is 1.18 bits per heavy atom. The van der Waals surface area contributed by atoms with Crippen molar-refractivity contribution in [1.29, 1.82) is 0 Å². The molecule has 0 saturated heterocycles. The van der Waals surface area contributed by atoms with Gasteiger partial charge < -0.3 is 5.11 Å². The molecule has 0 fully saturated rings. The topological polar surface area (TPSA) is 61.7 Å². The van der Waals surface area contributed by atoms with Gasteiger partial charge in [-0.25, -0.2) is 5.43 Å². The van der Waals surface area contributed by atoms with Crippen molar-refractivity contribution in [2.24, 2.45) is 5.10 Å². The molecule has 2 rings (SSSR count). The van der Waals surface area contributed by atoms with Crippen LogP contribution in [0.1, 0.15) is 11.1 Å². The van der Waals surface area contributed by atoms with Gasteiger partial charge in [-0.1, -0.05) is 46.9 Å². The lowest BCUT2D eigenvalue weighted by Crippen LogP contribution is -2.19. The number of rotatable bonds is 4. The summed E-state index contributed by atoms with van der Waals surface area (Å²) in [6.45, 7) is 0. The van der Waals surface area contributed by atoms with Gasteiger partial charge in [0.2, 0.25) is 5.91 Å². The van der Waals surface area contributed by atoms with E-state index in [1.165, 1.54) is 18.3 Å². The van der Waals surface area contributed by atoms with Crippen molar-refractivity contribution in [2.75, 3.05) is 0 Å². The second kappa shape index (κ2) is 7.49. The number of benzene rings is 2. The van der Waals surface area contributed by atoms with E-state index in [0.29, 0.717) is 21.2 Å². The van der Waals surface area contributed by atoms with E-state index in [0.717, 1.165) is 0 Å². The summed E-state index contributed by atoms with van der Waals surface area (Å²) in [4.78, 5) is 11.8. The predicted molar refractivity (Wildman–Crippen MR) is 89.0 cm³/mol. The molecule has 2 N–H and O–H groups in total. The second-order valence-corrected chi connectivity index (χ2v) is 5.59. The average Bonchev–Trinajstić information content (AvgIpc) is 2.47. The van der Waals surface area contributed by atoms with Crippen molar-refractivity contribution in [3.63, 3.8) is 0 Å². The molecule has 0 aliphatic heterocycles. The highest BCUT2D eigenvalue weighted by atomic mass is 35.5. The van der Waals surface area contributed by atoms with Crippen LogP contribution in [0.4, 0.5) is 0 Å². The van der Waals surface area contributed by atoms with Crippen molar-refractivity contribution in [3.05, 3.63) is 62.6 Å². The van der Waals surface area contributed by atoms with Crippen LogP contribution in [-0.2, 0) is 11.2 Å². The molecule has 0 aromatic heterocycles. The molecule has 22 heavy (non-hydrogen) atoms. The highest BCUT2D eigenvalue weighted by Gasteiger charge is 2.08. The molecular formula is C15H11Cl3N2O2. The number of phenols is 1. The summed E-state index contributed by atoms with van der Waals surface area (Å²) in [6.07, 6.45) is 1.42. The third kappa shape index (κ3) is 4.37. The van der Waals surface area contributed by atoms with Crippen LogP contribution in [0.2, 0.25) is 15.1 Å². The lowest BCUT2D eigenvalue weighted by molar-refractivity contribution is -0.120. The number of halogens is 3. The number of nitrogens with zero attached hydrogens (tertiary/aromatic N) is 1. The summed E-state index contributed by atoms with van der Waals surface area (Å²) in [6, 6.07) is 9.59. The molecule has 1 amide bonds. The first-order valence-electron chi connectivity index (χ1n) is 6.20.